The van der Waals surface area contributed by atoms with Gasteiger partial charge >= 0.3 is 0 Å². The minimum Gasteiger partial charge on any atom is -0.497 e. The van der Waals surface area contributed by atoms with Crippen LogP contribution in [0.4, 0.5) is 5.69 Å². The number of piperidine rings is 1. The molecule has 2 aromatic rings. The lowest BCUT2D eigenvalue weighted by atomic mass is 10.0. The molecule has 0 radical (unpaired) electrons. The molecule has 1 fully saturated rings. The first kappa shape index (κ1) is 21.3. The van der Waals surface area contributed by atoms with E-state index < -0.39 is 10.0 Å². The van der Waals surface area contributed by atoms with Crippen molar-refractivity contribution in [2.24, 2.45) is 0 Å². The fraction of sp³-hybridized carbons (Fsp3) is 0.409. The second-order valence-corrected chi connectivity index (χ2v) is 9.35. The van der Waals surface area contributed by atoms with Crippen molar-refractivity contribution in [1.29, 1.82) is 0 Å². The molecule has 6 nitrogen and oxygen atoms in total. The Morgan fingerprint density at radius 1 is 1.10 bits per heavy atom. The van der Waals surface area contributed by atoms with Gasteiger partial charge in [0.15, 0.2) is 0 Å². The maximum Gasteiger partial charge on any atom is 0.243 e. The number of nitrogens with zero attached hydrogens (tertiary/aromatic N) is 1. The Labute approximate surface area is 172 Å². The molecule has 1 saturated heterocycles. The van der Waals surface area contributed by atoms with Gasteiger partial charge in [0.25, 0.3) is 0 Å². The molecular formula is C22H28N2O4S. The van der Waals surface area contributed by atoms with E-state index in [4.69, 9.17) is 4.74 Å². The number of carbonyl (C=O) groups excluding carboxylic acids is 1. The first-order chi connectivity index (χ1) is 13.8. The minimum atomic E-state index is -3.67. The average Bonchev–Trinajstić information content (AvgIpc) is 2.71. The van der Waals surface area contributed by atoms with Crippen LogP contribution in [0.3, 0.4) is 0 Å². The summed E-state index contributed by atoms with van der Waals surface area (Å²) in [5, 5.41) is 2.98. The quantitative estimate of drug-likeness (QED) is 0.775. The van der Waals surface area contributed by atoms with Gasteiger partial charge in [0.1, 0.15) is 5.75 Å². The first-order valence-corrected chi connectivity index (χ1v) is 11.3. The van der Waals surface area contributed by atoms with Crippen LogP contribution in [0.1, 0.15) is 36.8 Å². The van der Waals surface area contributed by atoms with Crippen molar-refractivity contribution < 1.29 is 17.9 Å². The van der Waals surface area contributed by atoms with E-state index in [-0.39, 0.29) is 23.3 Å². The van der Waals surface area contributed by atoms with E-state index in [1.165, 1.54) is 4.31 Å². The Morgan fingerprint density at radius 2 is 1.76 bits per heavy atom. The number of nitrogens with one attached hydrogen (secondary N) is 1. The van der Waals surface area contributed by atoms with Crippen LogP contribution >= 0.6 is 0 Å². The number of amides is 1. The predicted octanol–water partition coefficient (Wildman–Crippen LogP) is 3.88. The molecule has 3 rings (SSSR count). The number of hydrogen-bond acceptors (Lipinski definition) is 4. The maximum atomic E-state index is 13.2. The minimum absolute atomic E-state index is 0.142. The fourth-order valence-corrected chi connectivity index (χ4v) is 5.49. The summed E-state index contributed by atoms with van der Waals surface area (Å²) in [6, 6.07) is 11.9. The van der Waals surface area contributed by atoms with Crippen molar-refractivity contribution in [2.45, 2.75) is 50.5 Å². The second kappa shape index (κ2) is 8.97. The molecule has 1 N–H and O–H groups in total. The van der Waals surface area contributed by atoms with Crippen LogP contribution in [-0.2, 0) is 14.8 Å². The summed E-state index contributed by atoms with van der Waals surface area (Å²) in [6.07, 6.45) is 2.53. The first-order valence-electron chi connectivity index (χ1n) is 9.85. The zero-order valence-electron chi connectivity index (χ0n) is 17.1. The molecule has 0 spiro atoms. The lowest BCUT2D eigenvalue weighted by Gasteiger charge is -2.34. The molecule has 1 unspecified atom stereocenters. The monoisotopic (exact) mass is 416 g/mol. The van der Waals surface area contributed by atoms with Gasteiger partial charge < -0.3 is 10.1 Å². The van der Waals surface area contributed by atoms with Crippen LogP contribution in [0.2, 0.25) is 0 Å². The molecule has 1 heterocycles. The number of anilines is 1. The molecule has 1 atom stereocenters. The van der Waals surface area contributed by atoms with Crippen LogP contribution in [0.25, 0.3) is 0 Å². The van der Waals surface area contributed by atoms with Crippen molar-refractivity contribution in [3.63, 3.8) is 0 Å². The van der Waals surface area contributed by atoms with Crippen molar-refractivity contribution >= 4 is 21.6 Å². The van der Waals surface area contributed by atoms with Crippen LogP contribution in [-0.4, -0.2) is 38.3 Å². The number of hydrogen-bond donors (Lipinski definition) is 1. The Morgan fingerprint density at radius 3 is 2.38 bits per heavy atom. The number of benzene rings is 2. The highest BCUT2D eigenvalue weighted by Crippen LogP contribution is 2.29. The van der Waals surface area contributed by atoms with E-state index in [1.807, 2.05) is 32.0 Å². The molecule has 29 heavy (non-hydrogen) atoms. The van der Waals surface area contributed by atoms with E-state index in [0.29, 0.717) is 18.7 Å². The largest absolute Gasteiger partial charge is 0.497 e. The van der Waals surface area contributed by atoms with Gasteiger partial charge in [0.05, 0.1) is 12.0 Å². The number of para-hydroxylation sites is 1. The van der Waals surface area contributed by atoms with Gasteiger partial charge in [-0.1, -0.05) is 24.6 Å². The van der Waals surface area contributed by atoms with E-state index in [9.17, 15) is 13.2 Å². The maximum absolute atomic E-state index is 13.2. The molecule has 7 heteroatoms. The Bertz CT molecular complexity index is 951. The average molecular weight is 417 g/mol. The summed E-state index contributed by atoms with van der Waals surface area (Å²) in [5.41, 5.74) is 2.78. The van der Waals surface area contributed by atoms with Crippen molar-refractivity contribution in [3.8, 4) is 5.75 Å². The summed E-state index contributed by atoms with van der Waals surface area (Å²) < 4.78 is 33.0. The van der Waals surface area contributed by atoms with E-state index in [1.54, 1.807) is 31.4 Å². The highest BCUT2D eigenvalue weighted by Gasteiger charge is 2.34. The number of sulfonamides is 1. The molecule has 156 valence electrons. The number of ether oxygens (including phenoxy) is 1. The van der Waals surface area contributed by atoms with Gasteiger partial charge in [-0.25, -0.2) is 8.42 Å². The van der Waals surface area contributed by atoms with E-state index >= 15 is 0 Å². The molecule has 1 amide bonds. The zero-order valence-corrected chi connectivity index (χ0v) is 18.0. The van der Waals surface area contributed by atoms with Crippen molar-refractivity contribution in [1.82, 2.24) is 4.31 Å². The molecule has 0 saturated carbocycles. The van der Waals surface area contributed by atoms with Gasteiger partial charge in [0, 0.05) is 24.7 Å². The number of rotatable bonds is 6. The van der Waals surface area contributed by atoms with Crippen LogP contribution < -0.4 is 10.1 Å². The van der Waals surface area contributed by atoms with E-state index in [0.717, 1.165) is 29.7 Å². The molecule has 1 aliphatic heterocycles. The lowest BCUT2D eigenvalue weighted by Crippen LogP contribution is -2.45. The van der Waals surface area contributed by atoms with Crippen LogP contribution in [0.15, 0.2) is 47.4 Å². The standard InChI is InChI=1S/C22H28N2O4S/c1-16-7-6-8-17(2)22(16)23-21(25)15-18-9-4-5-14-24(18)29(26,27)20-12-10-19(28-3)11-13-20/h6-8,10-13,18H,4-5,9,14-15H2,1-3H3,(H,23,25). The SMILES string of the molecule is COc1ccc(S(=O)(=O)N2CCCCC2CC(=O)Nc2c(C)cccc2C)cc1. The van der Waals surface area contributed by atoms with Crippen LogP contribution in [0.5, 0.6) is 5.75 Å². The summed E-state index contributed by atoms with van der Waals surface area (Å²) in [5.74, 6) is 0.441. The Kier molecular flexibility index (Phi) is 6.59. The van der Waals surface area contributed by atoms with Gasteiger partial charge in [0.2, 0.25) is 15.9 Å². The molecule has 1 aliphatic rings. The lowest BCUT2D eigenvalue weighted by molar-refractivity contribution is -0.117. The Hall–Kier alpha value is -2.38. The number of aryl methyl sites for hydroxylation is 2. The van der Waals surface area contributed by atoms with Crippen molar-refractivity contribution in [2.75, 3.05) is 19.0 Å². The van der Waals surface area contributed by atoms with Gasteiger partial charge in [-0.3, -0.25) is 4.79 Å². The topological polar surface area (TPSA) is 75.7 Å². The number of methoxy groups -OCH3 is 1. The molecule has 2 aromatic carbocycles. The predicted molar refractivity (Wildman–Crippen MR) is 114 cm³/mol. The third kappa shape index (κ3) is 4.79. The molecule has 0 bridgehead atoms. The third-order valence-electron chi connectivity index (χ3n) is 5.41. The number of carbonyl (C=O) groups is 1. The smallest absolute Gasteiger partial charge is 0.243 e. The normalized spacial score (nSPS) is 17.7. The summed E-state index contributed by atoms with van der Waals surface area (Å²) in [6.45, 7) is 4.32. The van der Waals surface area contributed by atoms with Gasteiger partial charge in [-0.15, -0.1) is 0 Å². The zero-order chi connectivity index (χ0) is 21.0. The summed E-state index contributed by atoms with van der Waals surface area (Å²) in [7, 11) is -2.13. The molecule has 0 aromatic heterocycles. The summed E-state index contributed by atoms with van der Waals surface area (Å²) in [4.78, 5) is 13.0. The van der Waals surface area contributed by atoms with Gasteiger partial charge in [-0.05, 0) is 62.1 Å². The Balaban J connectivity index is 1.77. The van der Waals surface area contributed by atoms with Crippen molar-refractivity contribution in [3.05, 3.63) is 53.6 Å². The second-order valence-electron chi connectivity index (χ2n) is 7.46. The molecular weight excluding hydrogens is 388 g/mol. The van der Waals surface area contributed by atoms with Crippen LogP contribution in [0, 0.1) is 13.8 Å². The highest BCUT2D eigenvalue weighted by molar-refractivity contribution is 7.89. The fourth-order valence-electron chi connectivity index (χ4n) is 3.79. The molecule has 0 aliphatic carbocycles. The summed E-state index contributed by atoms with van der Waals surface area (Å²) >= 11 is 0. The van der Waals surface area contributed by atoms with E-state index in [2.05, 4.69) is 5.32 Å². The van der Waals surface area contributed by atoms with Gasteiger partial charge in [-0.2, -0.15) is 4.31 Å². The highest BCUT2D eigenvalue weighted by atomic mass is 32.2. The third-order valence-corrected chi connectivity index (χ3v) is 7.37.